The van der Waals surface area contributed by atoms with E-state index in [1.165, 1.54) is 6.07 Å². The van der Waals surface area contributed by atoms with Crippen LogP contribution in [0.4, 0.5) is 4.39 Å². The van der Waals surface area contributed by atoms with Gasteiger partial charge in [-0.25, -0.2) is 4.39 Å². The van der Waals surface area contributed by atoms with Crippen molar-refractivity contribution in [2.75, 3.05) is 6.54 Å². The van der Waals surface area contributed by atoms with Gasteiger partial charge in [0.05, 0.1) is 0 Å². The topological polar surface area (TPSA) is 43.1 Å². The van der Waals surface area contributed by atoms with Gasteiger partial charge in [-0.1, -0.05) is 31.9 Å². The first kappa shape index (κ1) is 15.8. The predicted molar refractivity (Wildman–Crippen MR) is 76.8 cm³/mol. The highest BCUT2D eigenvalue weighted by atomic mass is 19.1. The van der Waals surface area contributed by atoms with Crippen LogP contribution < -0.4 is 5.73 Å². The number of aryl methyl sites for hydroxylation is 1. The second-order valence-corrected chi connectivity index (χ2v) is 5.16. The highest BCUT2D eigenvalue weighted by Crippen LogP contribution is 2.19. The molecule has 0 aliphatic rings. The van der Waals surface area contributed by atoms with Crippen molar-refractivity contribution in [2.24, 2.45) is 11.7 Å². The smallest absolute Gasteiger partial charge is 0.162 e. The highest BCUT2D eigenvalue weighted by molar-refractivity contribution is 5.96. The van der Waals surface area contributed by atoms with Crippen molar-refractivity contribution < 1.29 is 9.18 Å². The third-order valence-corrected chi connectivity index (χ3v) is 3.55. The van der Waals surface area contributed by atoms with Crippen LogP contribution in [0.15, 0.2) is 18.2 Å². The molecular formula is C16H24FNO. The first-order valence-electron chi connectivity index (χ1n) is 7.07. The summed E-state index contributed by atoms with van der Waals surface area (Å²) < 4.78 is 13.4. The number of Topliss-reactive ketones (excluding diaryl/α,β-unsaturated/α-hetero) is 1. The summed E-state index contributed by atoms with van der Waals surface area (Å²) in [6.45, 7) is 4.50. The molecule has 0 bridgehead atoms. The van der Waals surface area contributed by atoms with E-state index in [2.05, 4.69) is 6.92 Å². The van der Waals surface area contributed by atoms with E-state index in [4.69, 9.17) is 5.73 Å². The lowest BCUT2D eigenvalue weighted by Crippen LogP contribution is -2.11. The Kier molecular flexibility index (Phi) is 6.71. The summed E-state index contributed by atoms with van der Waals surface area (Å²) >= 11 is 0. The highest BCUT2D eigenvalue weighted by Gasteiger charge is 2.12. The summed E-state index contributed by atoms with van der Waals surface area (Å²) in [5, 5.41) is 0. The standard InChI is InChI=1S/C16H24FNO/c1-3-4-13(9-10-18)6-8-16(19)14-7-5-12(2)15(17)11-14/h5,7,11,13H,3-4,6,8-10,18H2,1-2H3. The second kappa shape index (κ2) is 8.05. The summed E-state index contributed by atoms with van der Waals surface area (Å²) in [5.74, 6) is 0.226. The molecule has 0 heterocycles. The van der Waals surface area contributed by atoms with Crippen molar-refractivity contribution >= 4 is 5.78 Å². The third-order valence-electron chi connectivity index (χ3n) is 3.55. The van der Waals surface area contributed by atoms with Crippen LogP contribution in [0.1, 0.15) is 54.9 Å². The first-order chi connectivity index (χ1) is 9.08. The Morgan fingerprint density at radius 1 is 1.32 bits per heavy atom. The molecular weight excluding hydrogens is 241 g/mol. The van der Waals surface area contributed by atoms with E-state index in [1.807, 2.05) is 0 Å². The molecule has 1 rings (SSSR count). The van der Waals surface area contributed by atoms with E-state index in [0.29, 0.717) is 30.0 Å². The van der Waals surface area contributed by atoms with E-state index >= 15 is 0 Å². The van der Waals surface area contributed by atoms with E-state index in [-0.39, 0.29) is 11.6 Å². The molecule has 1 atom stereocenters. The Labute approximate surface area is 115 Å². The summed E-state index contributed by atoms with van der Waals surface area (Å²) in [6, 6.07) is 4.71. The average molecular weight is 265 g/mol. The molecule has 0 saturated heterocycles. The second-order valence-electron chi connectivity index (χ2n) is 5.16. The average Bonchev–Trinajstić information content (AvgIpc) is 2.39. The van der Waals surface area contributed by atoms with Gasteiger partial charge in [-0.15, -0.1) is 0 Å². The van der Waals surface area contributed by atoms with Crippen LogP contribution in [0.2, 0.25) is 0 Å². The molecule has 0 amide bonds. The van der Waals surface area contributed by atoms with Gasteiger partial charge >= 0.3 is 0 Å². The zero-order chi connectivity index (χ0) is 14.3. The van der Waals surface area contributed by atoms with E-state index in [1.54, 1.807) is 19.1 Å². The summed E-state index contributed by atoms with van der Waals surface area (Å²) in [5.41, 5.74) is 6.63. The minimum atomic E-state index is -0.307. The maximum atomic E-state index is 13.4. The number of rotatable bonds is 8. The van der Waals surface area contributed by atoms with E-state index < -0.39 is 0 Å². The van der Waals surface area contributed by atoms with Gasteiger partial charge in [0.25, 0.3) is 0 Å². The van der Waals surface area contributed by atoms with Crippen LogP contribution in [0.3, 0.4) is 0 Å². The molecule has 0 aliphatic heterocycles. The lowest BCUT2D eigenvalue weighted by Gasteiger charge is -2.14. The molecule has 106 valence electrons. The van der Waals surface area contributed by atoms with E-state index in [0.717, 1.165) is 25.7 Å². The van der Waals surface area contributed by atoms with Crippen LogP contribution in [-0.2, 0) is 0 Å². The fraction of sp³-hybridized carbons (Fsp3) is 0.562. The molecule has 1 unspecified atom stereocenters. The molecule has 0 aromatic heterocycles. The number of carbonyl (C=O) groups is 1. The molecule has 0 aliphatic carbocycles. The lowest BCUT2D eigenvalue weighted by atomic mass is 9.92. The largest absolute Gasteiger partial charge is 0.330 e. The van der Waals surface area contributed by atoms with Gasteiger partial charge in [0.15, 0.2) is 5.78 Å². The van der Waals surface area contributed by atoms with Crippen molar-refractivity contribution in [2.45, 2.75) is 46.0 Å². The van der Waals surface area contributed by atoms with Crippen LogP contribution in [-0.4, -0.2) is 12.3 Å². The number of hydrogen-bond donors (Lipinski definition) is 1. The van der Waals surface area contributed by atoms with Gasteiger partial charge in [0, 0.05) is 12.0 Å². The van der Waals surface area contributed by atoms with Crippen LogP contribution in [0, 0.1) is 18.7 Å². The molecule has 1 aromatic carbocycles. The predicted octanol–water partition coefficient (Wildman–Crippen LogP) is 3.86. The quantitative estimate of drug-likeness (QED) is 0.725. The zero-order valence-electron chi connectivity index (χ0n) is 11.9. The number of carbonyl (C=O) groups excluding carboxylic acids is 1. The van der Waals surface area contributed by atoms with Crippen molar-refractivity contribution in [1.29, 1.82) is 0 Å². The van der Waals surface area contributed by atoms with E-state index in [9.17, 15) is 9.18 Å². The van der Waals surface area contributed by atoms with Crippen molar-refractivity contribution in [3.8, 4) is 0 Å². The number of benzene rings is 1. The summed E-state index contributed by atoms with van der Waals surface area (Å²) in [4.78, 5) is 12.0. The monoisotopic (exact) mass is 265 g/mol. The van der Waals surface area contributed by atoms with Crippen molar-refractivity contribution in [1.82, 2.24) is 0 Å². The fourth-order valence-corrected chi connectivity index (χ4v) is 2.32. The zero-order valence-corrected chi connectivity index (χ0v) is 11.9. The normalized spacial score (nSPS) is 12.4. The number of nitrogens with two attached hydrogens (primary N) is 1. The molecule has 0 saturated carbocycles. The summed E-state index contributed by atoms with van der Waals surface area (Å²) in [6.07, 6.45) is 4.50. The number of halogens is 1. The first-order valence-corrected chi connectivity index (χ1v) is 7.07. The molecule has 0 fully saturated rings. The maximum Gasteiger partial charge on any atom is 0.162 e. The lowest BCUT2D eigenvalue weighted by molar-refractivity contribution is 0.0971. The third kappa shape index (κ3) is 5.11. The number of hydrogen-bond acceptors (Lipinski definition) is 2. The SMILES string of the molecule is CCCC(CCN)CCC(=O)c1ccc(C)c(F)c1. The fourth-order valence-electron chi connectivity index (χ4n) is 2.32. The van der Waals surface area contributed by atoms with Crippen LogP contribution in [0.25, 0.3) is 0 Å². The molecule has 1 aromatic rings. The van der Waals surface area contributed by atoms with Crippen LogP contribution in [0.5, 0.6) is 0 Å². The minimum Gasteiger partial charge on any atom is -0.330 e. The van der Waals surface area contributed by atoms with Gasteiger partial charge in [-0.2, -0.15) is 0 Å². The van der Waals surface area contributed by atoms with Gasteiger partial charge < -0.3 is 5.73 Å². The van der Waals surface area contributed by atoms with Gasteiger partial charge in [-0.05, 0) is 43.9 Å². The molecule has 0 spiro atoms. The molecule has 19 heavy (non-hydrogen) atoms. The maximum absolute atomic E-state index is 13.4. The Morgan fingerprint density at radius 2 is 2.05 bits per heavy atom. The Morgan fingerprint density at radius 3 is 2.63 bits per heavy atom. The van der Waals surface area contributed by atoms with Crippen molar-refractivity contribution in [3.05, 3.63) is 35.1 Å². The molecule has 3 heteroatoms. The Bertz CT molecular complexity index is 411. The molecule has 0 radical (unpaired) electrons. The van der Waals surface area contributed by atoms with Gasteiger partial charge in [-0.3, -0.25) is 4.79 Å². The van der Waals surface area contributed by atoms with Crippen LogP contribution >= 0.6 is 0 Å². The molecule has 2 nitrogen and oxygen atoms in total. The van der Waals surface area contributed by atoms with Gasteiger partial charge in [0.1, 0.15) is 5.82 Å². The Hall–Kier alpha value is -1.22. The minimum absolute atomic E-state index is 0.0250. The van der Waals surface area contributed by atoms with Gasteiger partial charge in [0.2, 0.25) is 0 Å². The van der Waals surface area contributed by atoms with Crippen molar-refractivity contribution in [3.63, 3.8) is 0 Å². The summed E-state index contributed by atoms with van der Waals surface area (Å²) in [7, 11) is 0. The number of ketones is 1. The Balaban J connectivity index is 2.56. The molecule has 2 N–H and O–H groups in total.